The monoisotopic (exact) mass is 208 g/mol. The van der Waals surface area contributed by atoms with Gasteiger partial charge in [-0.25, -0.2) is 0 Å². The number of hydrogen-bond donors (Lipinski definition) is 0. The van der Waals surface area contributed by atoms with Crippen molar-refractivity contribution >= 4 is 0 Å². The SMILES string of the molecule is CCCCCC.COc1ccc(C)cc1. The molecule has 0 aliphatic rings. The van der Waals surface area contributed by atoms with Gasteiger partial charge in [-0.1, -0.05) is 57.2 Å². The second-order valence-corrected chi connectivity index (χ2v) is 3.72. The lowest BCUT2D eigenvalue weighted by Gasteiger charge is -1.97. The Morgan fingerprint density at radius 3 is 1.73 bits per heavy atom. The molecule has 0 spiro atoms. The van der Waals surface area contributed by atoms with Crippen LogP contribution in [0.3, 0.4) is 0 Å². The lowest BCUT2D eigenvalue weighted by atomic mass is 10.2. The zero-order chi connectivity index (χ0) is 11.5. The number of aryl methyl sites for hydroxylation is 1. The van der Waals surface area contributed by atoms with E-state index in [1.807, 2.05) is 24.3 Å². The fourth-order valence-corrected chi connectivity index (χ4v) is 1.17. The third-order valence-electron chi connectivity index (χ3n) is 2.21. The molecule has 0 aromatic heterocycles. The minimum Gasteiger partial charge on any atom is -0.497 e. The molecule has 0 atom stereocenters. The van der Waals surface area contributed by atoms with E-state index in [4.69, 9.17) is 4.74 Å². The normalized spacial score (nSPS) is 9.07. The van der Waals surface area contributed by atoms with Gasteiger partial charge in [-0.15, -0.1) is 0 Å². The molecule has 1 aromatic carbocycles. The topological polar surface area (TPSA) is 9.23 Å². The van der Waals surface area contributed by atoms with Gasteiger partial charge in [0, 0.05) is 0 Å². The summed E-state index contributed by atoms with van der Waals surface area (Å²) in [7, 11) is 1.67. The van der Waals surface area contributed by atoms with E-state index >= 15 is 0 Å². The maximum absolute atomic E-state index is 4.97. The molecule has 86 valence electrons. The molecular formula is C14H24O. The van der Waals surface area contributed by atoms with Crippen LogP contribution in [0.25, 0.3) is 0 Å². The third-order valence-corrected chi connectivity index (χ3v) is 2.21. The molecule has 1 nitrogen and oxygen atoms in total. The van der Waals surface area contributed by atoms with Crippen LogP contribution in [0.1, 0.15) is 45.1 Å². The highest BCUT2D eigenvalue weighted by molar-refractivity contribution is 5.25. The maximum Gasteiger partial charge on any atom is 0.118 e. The first kappa shape index (κ1) is 14.0. The van der Waals surface area contributed by atoms with Crippen molar-refractivity contribution < 1.29 is 4.74 Å². The molecule has 0 amide bonds. The standard InChI is InChI=1S/C8H10O.C6H14/c1-7-3-5-8(9-2)6-4-7;1-3-5-6-4-2/h3-6H,1-2H3;3-6H2,1-2H3. The summed E-state index contributed by atoms with van der Waals surface area (Å²) in [5.74, 6) is 0.917. The van der Waals surface area contributed by atoms with Crippen molar-refractivity contribution in [3.05, 3.63) is 29.8 Å². The van der Waals surface area contributed by atoms with Crippen molar-refractivity contribution in [2.45, 2.75) is 46.5 Å². The van der Waals surface area contributed by atoms with E-state index in [2.05, 4.69) is 20.8 Å². The molecule has 0 N–H and O–H groups in total. The zero-order valence-corrected chi connectivity index (χ0v) is 10.5. The lowest BCUT2D eigenvalue weighted by Crippen LogP contribution is -1.80. The van der Waals surface area contributed by atoms with Crippen LogP contribution in [0.5, 0.6) is 5.75 Å². The van der Waals surface area contributed by atoms with E-state index in [-0.39, 0.29) is 0 Å². The first-order chi connectivity index (χ1) is 7.24. The van der Waals surface area contributed by atoms with Crippen molar-refractivity contribution in [3.63, 3.8) is 0 Å². The fraction of sp³-hybridized carbons (Fsp3) is 0.571. The van der Waals surface area contributed by atoms with Gasteiger partial charge in [0.05, 0.1) is 7.11 Å². The Hall–Kier alpha value is -0.980. The van der Waals surface area contributed by atoms with E-state index in [0.717, 1.165) is 5.75 Å². The summed E-state index contributed by atoms with van der Waals surface area (Å²) < 4.78 is 4.97. The maximum atomic E-state index is 4.97. The van der Waals surface area contributed by atoms with E-state index in [9.17, 15) is 0 Å². The average Bonchev–Trinajstić information content (AvgIpc) is 2.28. The molecule has 0 heterocycles. The summed E-state index contributed by atoms with van der Waals surface area (Å²) in [6, 6.07) is 7.96. The van der Waals surface area contributed by atoms with Gasteiger partial charge in [0.2, 0.25) is 0 Å². The Bertz CT molecular complexity index is 222. The summed E-state index contributed by atoms with van der Waals surface area (Å²) in [6.45, 7) is 6.52. The van der Waals surface area contributed by atoms with Crippen molar-refractivity contribution in [1.82, 2.24) is 0 Å². The van der Waals surface area contributed by atoms with Crippen LogP contribution < -0.4 is 4.74 Å². The summed E-state index contributed by atoms with van der Waals surface area (Å²) in [5.41, 5.74) is 1.26. The number of rotatable bonds is 4. The molecule has 0 saturated carbocycles. The zero-order valence-electron chi connectivity index (χ0n) is 10.5. The third kappa shape index (κ3) is 8.04. The Labute approximate surface area is 94.5 Å². The summed E-state index contributed by atoms with van der Waals surface area (Å²) in [6.07, 6.45) is 5.54. The molecule has 0 bridgehead atoms. The molecule has 0 aliphatic heterocycles. The predicted molar refractivity (Wildman–Crippen MR) is 67.5 cm³/mol. The summed E-state index contributed by atoms with van der Waals surface area (Å²) >= 11 is 0. The number of ether oxygens (including phenoxy) is 1. The number of unbranched alkanes of at least 4 members (excludes halogenated alkanes) is 3. The van der Waals surface area contributed by atoms with Gasteiger partial charge in [0.1, 0.15) is 5.75 Å². The molecule has 1 aromatic rings. The second-order valence-electron chi connectivity index (χ2n) is 3.72. The molecule has 15 heavy (non-hydrogen) atoms. The van der Waals surface area contributed by atoms with Crippen molar-refractivity contribution in [1.29, 1.82) is 0 Å². The second kappa shape index (κ2) is 9.57. The fourth-order valence-electron chi connectivity index (χ4n) is 1.17. The predicted octanol–water partition coefficient (Wildman–Crippen LogP) is 4.59. The summed E-state index contributed by atoms with van der Waals surface area (Å²) in [4.78, 5) is 0. The van der Waals surface area contributed by atoms with Gasteiger partial charge in [-0.2, -0.15) is 0 Å². The molecule has 1 rings (SSSR count). The minimum atomic E-state index is 0.917. The van der Waals surface area contributed by atoms with Crippen molar-refractivity contribution in [2.75, 3.05) is 7.11 Å². The van der Waals surface area contributed by atoms with E-state index in [1.54, 1.807) is 7.11 Å². The molecular weight excluding hydrogens is 184 g/mol. The van der Waals surface area contributed by atoms with E-state index < -0.39 is 0 Å². The summed E-state index contributed by atoms with van der Waals surface area (Å²) in [5, 5.41) is 0. The Kier molecular flexibility index (Phi) is 8.95. The molecule has 0 fully saturated rings. The average molecular weight is 208 g/mol. The highest BCUT2D eigenvalue weighted by Gasteiger charge is 1.85. The highest BCUT2D eigenvalue weighted by Crippen LogP contribution is 2.09. The van der Waals surface area contributed by atoms with Crippen LogP contribution >= 0.6 is 0 Å². The Balaban J connectivity index is 0.000000288. The number of benzene rings is 1. The highest BCUT2D eigenvalue weighted by atomic mass is 16.5. The van der Waals surface area contributed by atoms with Gasteiger partial charge in [-0.3, -0.25) is 0 Å². The van der Waals surface area contributed by atoms with Crippen LogP contribution in [0.15, 0.2) is 24.3 Å². The lowest BCUT2D eigenvalue weighted by molar-refractivity contribution is 0.414. The van der Waals surface area contributed by atoms with Gasteiger partial charge >= 0.3 is 0 Å². The molecule has 0 saturated heterocycles. The van der Waals surface area contributed by atoms with Crippen LogP contribution in [0.2, 0.25) is 0 Å². The first-order valence-corrected chi connectivity index (χ1v) is 5.85. The van der Waals surface area contributed by atoms with Gasteiger partial charge in [0.25, 0.3) is 0 Å². The quantitative estimate of drug-likeness (QED) is 0.657. The van der Waals surface area contributed by atoms with Crippen molar-refractivity contribution in [3.8, 4) is 5.75 Å². The number of methoxy groups -OCH3 is 1. The largest absolute Gasteiger partial charge is 0.497 e. The van der Waals surface area contributed by atoms with Gasteiger partial charge in [-0.05, 0) is 19.1 Å². The van der Waals surface area contributed by atoms with Crippen LogP contribution in [-0.2, 0) is 0 Å². The van der Waals surface area contributed by atoms with Crippen LogP contribution in [0.4, 0.5) is 0 Å². The Morgan fingerprint density at radius 1 is 0.933 bits per heavy atom. The van der Waals surface area contributed by atoms with E-state index in [1.165, 1.54) is 31.2 Å². The van der Waals surface area contributed by atoms with Gasteiger partial charge < -0.3 is 4.74 Å². The molecule has 0 radical (unpaired) electrons. The van der Waals surface area contributed by atoms with Crippen LogP contribution in [-0.4, -0.2) is 7.11 Å². The smallest absolute Gasteiger partial charge is 0.118 e. The molecule has 0 aliphatic carbocycles. The molecule has 0 unspecified atom stereocenters. The first-order valence-electron chi connectivity index (χ1n) is 5.85. The minimum absolute atomic E-state index is 0.917. The number of hydrogen-bond acceptors (Lipinski definition) is 1. The molecule has 1 heteroatoms. The Morgan fingerprint density at radius 2 is 1.40 bits per heavy atom. The van der Waals surface area contributed by atoms with Gasteiger partial charge in [0.15, 0.2) is 0 Å². The van der Waals surface area contributed by atoms with Crippen LogP contribution in [0, 0.1) is 6.92 Å². The van der Waals surface area contributed by atoms with E-state index in [0.29, 0.717) is 0 Å². The van der Waals surface area contributed by atoms with Crippen molar-refractivity contribution in [2.24, 2.45) is 0 Å².